The smallest absolute Gasteiger partial charge is 0.218 e. The number of rotatable bonds is 5. The summed E-state index contributed by atoms with van der Waals surface area (Å²) in [5, 5.41) is 0. The van der Waals surface area contributed by atoms with Crippen LogP contribution in [0.25, 0.3) is 0 Å². The Kier molecular flexibility index (Phi) is 6.84. The van der Waals surface area contributed by atoms with Gasteiger partial charge in [0.15, 0.2) is 0 Å². The standard InChI is InChI=1S/C12H20N2O2S.ClH/c1-10-5-4-6-12(7-10)9-17(15,16)14(3)11(2)8-13;/h4-7,11H,8-9,13H2,1-3H3;1H. The molecule has 0 fully saturated rings. The number of nitrogens with two attached hydrogens (primary N) is 1. The van der Waals surface area contributed by atoms with Crippen molar-refractivity contribution >= 4 is 22.4 Å². The van der Waals surface area contributed by atoms with Crippen LogP contribution in [0.3, 0.4) is 0 Å². The molecule has 0 aliphatic heterocycles. The van der Waals surface area contributed by atoms with Crippen LogP contribution < -0.4 is 5.73 Å². The molecule has 0 saturated heterocycles. The summed E-state index contributed by atoms with van der Waals surface area (Å²) in [4.78, 5) is 0. The first-order valence-corrected chi connectivity index (χ1v) is 7.19. The Bertz CT molecular complexity index is 477. The Morgan fingerprint density at radius 2 is 2.00 bits per heavy atom. The molecular weight excluding hydrogens is 272 g/mol. The van der Waals surface area contributed by atoms with Gasteiger partial charge in [-0.3, -0.25) is 0 Å². The molecule has 0 radical (unpaired) electrons. The SMILES string of the molecule is Cc1cccc(CS(=O)(=O)N(C)C(C)CN)c1.Cl. The molecule has 0 amide bonds. The normalized spacial score (nSPS) is 13.2. The van der Waals surface area contributed by atoms with Gasteiger partial charge < -0.3 is 5.73 Å². The number of hydrogen-bond acceptors (Lipinski definition) is 3. The van der Waals surface area contributed by atoms with Gasteiger partial charge in [0, 0.05) is 19.6 Å². The van der Waals surface area contributed by atoms with Crippen LogP contribution in [0.1, 0.15) is 18.1 Å². The summed E-state index contributed by atoms with van der Waals surface area (Å²) in [7, 11) is -1.72. The van der Waals surface area contributed by atoms with Crippen LogP contribution in [0, 0.1) is 6.92 Å². The molecule has 0 heterocycles. The summed E-state index contributed by atoms with van der Waals surface area (Å²) in [5.74, 6) is 0.0233. The third-order valence-corrected chi connectivity index (χ3v) is 4.77. The van der Waals surface area contributed by atoms with E-state index in [1.54, 1.807) is 14.0 Å². The second-order valence-corrected chi connectivity index (χ2v) is 6.37. The minimum Gasteiger partial charge on any atom is -0.329 e. The van der Waals surface area contributed by atoms with Crippen molar-refractivity contribution in [2.24, 2.45) is 5.73 Å². The fraction of sp³-hybridized carbons (Fsp3) is 0.500. The van der Waals surface area contributed by atoms with Crippen LogP contribution in [0.4, 0.5) is 0 Å². The quantitative estimate of drug-likeness (QED) is 0.895. The molecule has 1 atom stereocenters. The van der Waals surface area contributed by atoms with E-state index in [1.807, 2.05) is 31.2 Å². The Hall–Kier alpha value is -0.620. The molecule has 6 heteroatoms. The second kappa shape index (κ2) is 7.09. The molecule has 18 heavy (non-hydrogen) atoms. The van der Waals surface area contributed by atoms with Gasteiger partial charge in [-0.15, -0.1) is 12.4 Å². The van der Waals surface area contributed by atoms with Crippen molar-refractivity contribution in [3.05, 3.63) is 35.4 Å². The van der Waals surface area contributed by atoms with E-state index in [0.717, 1.165) is 11.1 Å². The highest BCUT2D eigenvalue weighted by Gasteiger charge is 2.22. The van der Waals surface area contributed by atoms with Gasteiger partial charge in [-0.1, -0.05) is 29.8 Å². The van der Waals surface area contributed by atoms with Crippen molar-refractivity contribution in [1.82, 2.24) is 4.31 Å². The Balaban J connectivity index is 0.00000289. The average molecular weight is 293 g/mol. The Morgan fingerprint density at radius 1 is 1.39 bits per heavy atom. The van der Waals surface area contributed by atoms with Crippen molar-refractivity contribution in [1.29, 1.82) is 0 Å². The van der Waals surface area contributed by atoms with Gasteiger partial charge in [-0.05, 0) is 19.4 Å². The molecule has 2 N–H and O–H groups in total. The highest BCUT2D eigenvalue weighted by atomic mass is 35.5. The van der Waals surface area contributed by atoms with Gasteiger partial charge in [0.05, 0.1) is 5.75 Å². The first-order chi connectivity index (χ1) is 7.86. The lowest BCUT2D eigenvalue weighted by molar-refractivity contribution is 0.394. The molecule has 1 rings (SSSR count). The van der Waals surface area contributed by atoms with Crippen molar-refractivity contribution in [3.63, 3.8) is 0 Å². The van der Waals surface area contributed by atoms with Gasteiger partial charge in [0.25, 0.3) is 0 Å². The summed E-state index contributed by atoms with van der Waals surface area (Å²) in [5.41, 5.74) is 7.35. The molecule has 0 aliphatic carbocycles. The van der Waals surface area contributed by atoms with Crippen LogP contribution in [0.2, 0.25) is 0 Å². The third-order valence-electron chi connectivity index (χ3n) is 2.83. The molecule has 1 aromatic carbocycles. The maximum absolute atomic E-state index is 12.1. The predicted molar refractivity (Wildman–Crippen MR) is 77.3 cm³/mol. The highest BCUT2D eigenvalue weighted by Crippen LogP contribution is 2.13. The summed E-state index contributed by atoms with van der Waals surface area (Å²) in [6.07, 6.45) is 0. The number of halogens is 1. The van der Waals surface area contributed by atoms with Crippen LogP contribution in [0.5, 0.6) is 0 Å². The Morgan fingerprint density at radius 3 is 2.50 bits per heavy atom. The van der Waals surface area contributed by atoms with E-state index in [9.17, 15) is 8.42 Å². The topological polar surface area (TPSA) is 63.4 Å². The molecule has 1 unspecified atom stereocenters. The van der Waals surface area contributed by atoms with Gasteiger partial charge in [0.1, 0.15) is 0 Å². The Labute approximate surface area is 116 Å². The van der Waals surface area contributed by atoms with Crippen molar-refractivity contribution in [3.8, 4) is 0 Å². The molecular formula is C12H21ClN2O2S. The van der Waals surface area contributed by atoms with E-state index in [1.165, 1.54) is 4.31 Å². The van der Waals surface area contributed by atoms with E-state index in [0.29, 0.717) is 6.54 Å². The fourth-order valence-electron chi connectivity index (χ4n) is 1.54. The third kappa shape index (κ3) is 4.57. The van der Waals surface area contributed by atoms with Crippen LogP contribution in [0.15, 0.2) is 24.3 Å². The first kappa shape index (κ1) is 17.4. The monoisotopic (exact) mass is 292 g/mol. The molecule has 0 aromatic heterocycles. The summed E-state index contributed by atoms with van der Waals surface area (Å²) >= 11 is 0. The van der Waals surface area contributed by atoms with Gasteiger partial charge in [-0.2, -0.15) is 0 Å². The van der Waals surface area contributed by atoms with Crippen LogP contribution in [-0.2, 0) is 15.8 Å². The number of likely N-dealkylation sites (N-methyl/N-ethyl adjacent to an activating group) is 1. The molecule has 0 saturated carbocycles. The molecule has 0 aliphatic rings. The van der Waals surface area contributed by atoms with E-state index in [-0.39, 0.29) is 24.2 Å². The molecule has 0 spiro atoms. The second-order valence-electron chi connectivity index (χ2n) is 4.35. The molecule has 1 aromatic rings. The molecule has 0 bridgehead atoms. The molecule has 4 nitrogen and oxygen atoms in total. The van der Waals surface area contributed by atoms with Gasteiger partial charge >= 0.3 is 0 Å². The van der Waals surface area contributed by atoms with Crippen LogP contribution in [-0.4, -0.2) is 32.4 Å². The first-order valence-electron chi connectivity index (χ1n) is 5.58. The number of benzene rings is 1. The zero-order valence-electron chi connectivity index (χ0n) is 11.0. The number of sulfonamides is 1. The predicted octanol–water partition coefficient (Wildman–Crippen LogP) is 1.53. The summed E-state index contributed by atoms with van der Waals surface area (Å²) in [6.45, 7) is 4.07. The van der Waals surface area contributed by atoms with Crippen molar-refractivity contribution < 1.29 is 8.42 Å². The van der Waals surface area contributed by atoms with Crippen molar-refractivity contribution in [2.45, 2.75) is 25.6 Å². The lowest BCUT2D eigenvalue weighted by atomic mass is 10.2. The lowest BCUT2D eigenvalue weighted by Crippen LogP contribution is -2.40. The van der Waals surface area contributed by atoms with Gasteiger partial charge in [0.2, 0.25) is 10.0 Å². The summed E-state index contributed by atoms with van der Waals surface area (Å²) < 4.78 is 25.5. The van der Waals surface area contributed by atoms with E-state index < -0.39 is 10.0 Å². The summed E-state index contributed by atoms with van der Waals surface area (Å²) in [6, 6.07) is 7.35. The maximum atomic E-state index is 12.1. The minimum atomic E-state index is -3.29. The fourth-order valence-corrected chi connectivity index (χ4v) is 2.98. The number of nitrogens with zero attached hydrogens (tertiary/aromatic N) is 1. The zero-order valence-corrected chi connectivity index (χ0v) is 12.6. The number of aryl methyl sites for hydroxylation is 1. The van der Waals surface area contributed by atoms with Crippen molar-refractivity contribution in [2.75, 3.05) is 13.6 Å². The van der Waals surface area contributed by atoms with Crippen LogP contribution >= 0.6 is 12.4 Å². The maximum Gasteiger partial charge on any atom is 0.218 e. The van der Waals surface area contributed by atoms with E-state index >= 15 is 0 Å². The highest BCUT2D eigenvalue weighted by molar-refractivity contribution is 7.88. The lowest BCUT2D eigenvalue weighted by Gasteiger charge is -2.23. The largest absolute Gasteiger partial charge is 0.329 e. The van der Waals surface area contributed by atoms with Gasteiger partial charge in [-0.25, -0.2) is 12.7 Å². The van der Waals surface area contributed by atoms with E-state index in [4.69, 9.17) is 5.73 Å². The minimum absolute atomic E-state index is 0. The average Bonchev–Trinajstić information content (AvgIpc) is 2.26. The zero-order chi connectivity index (χ0) is 13.1. The molecule has 104 valence electrons. The number of hydrogen-bond donors (Lipinski definition) is 1. The van der Waals surface area contributed by atoms with E-state index in [2.05, 4.69) is 0 Å².